The van der Waals surface area contributed by atoms with Gasteiger partial charge in [0, 0.05) is 0 Å². The van der Waals surface area contributed by atoms with Crippen molar-refractivity contribution in [1.82, 2.24) is 0 Å². The summed E-state index contributed by atoms with van der Waals surface area (Å²) < 4.78 is 0. The molecule has 0 N–H and O–H groups in total. The smallest absolute Gasteiger partial charge is 0.00134 e. The average molecular weight is 477 g/mol. The molecule has 0 heterocycles. The van der Waals surface area contributed by atoms with Gasteiger partial charge >= 0.3 is 0 Å². The maximum atomic E-state index is 2.35. The molecule has 0 radical (unpaired) electrons. The number of fused-ring (bicyclic) bond motifs is 11. The van der Waals surface area contributed by atoms with Crippen molar-refractivity contribution >= 4 is 97.0 Å². The van der Waals surface area contributed by atoms with E-state index >= 15 is 0 Å². The highest BCUT2D eigenvalue weighted by atomic mass is 14.2. The molecule has 0 heteroatoms. The summed E-state index contributed by atoms with van der Waals surface area (Å²) in [6.07, 6.45) is 0. The molecule has 10 rings (SSSR count). The molecule has 0 saturated heterocycles. The van der Waals surface area contributed by atoms with E-state index in [1.54, 1.807) is 0 Å². The zero-order valence-corrected chi connectivity index (χ0v) is 20.5. The second kappa shape index (κ2) is 6.49. The lowest BCUT2D eigenvalue weighted by Crippen LogP contribution is -1.93. The highest BCUT2D eigenvalue weighted by Crippen LogP contribution is 2.51. The van der Waals surface area contributed by atoms with Gasteiger partial charge in [-0.25, -0.2) is 0 Å². The van der Waals surface area contributed by atoms with Crippen LogP contribution in [0.4, 0.5) is 0 Å². The van der Waals surface area contributed by atoms with Crippen molar-refractivity contribution in [3.8, 4) is 0 Å². The second-order valence-corrected chi connectivity index (χ2v) is 10.8. The van der Waals surface area contributed by atoms with Crippen molar-refractivity contribution in [2.45, 2.75) is 0 Å². The first-order valence-corrected chi connectivity index (χ1v) is 13.4. The molecule has 0 fully saturated rings. The van der Waals surface area contributed by atoms with Gasteiger partial charge in [-0.05, 0) is 97.0 Å². The molecule has 38 heavy (non-hydrogen) atoms. The third-order valence-electron chi connectivity index (χ3n) is 9.10. The van der Waals surface area contributed by atoms with Gasteiger partial charge in [0.25, 0.3) is 0 Å². The van der Waals surface area contributed by atoms with E-state index in [0.717, 1.165) is 0 Å². The van der Waals surface area contributed by atoms with E-state index in [4.69, 9.17) is 0 Å². The Kier molecular flexibility index (Phi) is 3.28. The molecule has 0 aromatic heterocycles. The monoisotopic (exact) mass is 476 g/mol. The van der Waals surface area contributed by atoms with E-state index in [9.17, 15) is 0 Å². The van der Waals surface area contributed by atoms with Crippen LogP contribution in [0.2, 0.25) is 0 Å². The lowest BCUT2D eigenvalue weighted by atomic mass is 9.81. The zero-order valence-electron chi connectivity index (χ0n) is 20.5. The summed E-state index contributed by atoms with van der Waals surface area (Å²) in [6.45, 7) is 0. The van der Waals surface area contributed by atoms with Gasteiger partial charge in [-0.1, -0.05) is 121 Å². The van der Waals surface area contributed by atoms with Crippen LogP contribution in [0.25, 0.3) is 97.0 Å². The SMILES string of the molecule is c1ccc2c(c1)c1cccc3c1c1c2cccc1c1c2cccc4c5ccccc5c5cccc(c5c42)c31. The molecule has 0 nitrogen and oxygen atoms in total. The molecule has 0 aliphatic heterocycles. The first-order chi connectivity index (χ1) is 18.9. The van der Waals surface area contributed by atoms with Crippen LogP contribution in [0.1, 0.15) is 0 Å². The van der Waals surface area contributed by atoms with Gasteiger partial charge < -0.3 is 0 Å². The minimum atomic E-state index is 1.33. The molecule has 0 atom stereocenters. The summed E-state index contributed by atoms with van der Waals surface area (Å²) in [7, 11) is 0. The Bertz CT molecular complexity index is 2240. The number of benzene rings is 10. The largest absolute Gasteiger partial charge is 0.0616 e. The number of hydrogen-bond donors (Lipinski definition) is 0. The standard InChI is InChI=1S/C38H20/c1-2-10-22-21(9-1)25-13-5-17-29-33(25)34-26(22)14-6-18-30(34)38-32-20-8-16-28-24-12-4-3-11-23(24)27-15-7-19-31(37(29)38)35(27)36(28)32/h1-20H. The van der Waals surface area contributed by atoms with Crippen LogP contribution in [-0.2, 0) is 0 Å². The first-order valence-electron chi connectivity index (χ1n) is 13.4. The Morgan fingerprint density at radius 1 is 0.158 bits per heavy atom. The van der Waals surface area contributed by atoms with E-state index < -0.39 is 0 Å². The Hall–Kier alpha value is -4.94. The Labute approximate surface area is 218 Å². The van der Waals surface area contributed by atoms with Crippen LogP contribution >= 0.6 is 0 Å². The van der Waals surface area contributed by atoms with Gasteiger partial charge in [-0.2, -0.15) is 0 Å². The van der Waals surface area contributed by atoms with E-state index in [1.807, 2.05) is 0 Å². The third kappa shape index (κ3) is 2.05. The molecule has 0 spiro atoms. The molecular formula is C38H20. The maximum absolute atomic E-state index is 2.35. The van der Waals surface area contributed by atoms with E-state index in [2.05, 4.69) is 121 Å². The van der Waals surface area contributed by atoms with Gasteiger partial charge in [0.15, 0.2) is 0 Å². The van der Waals surface area contributed by atoms with Gasteiger partial charge in [-0.15, -0.1) is 0 Å². The van der Waals surface area contributed by atoms with Crippen molar-refractivity contribution < 1.29 is 0 Å². The quantitative estimate of drug-likeness (QED) is 0.151. The van der Waals surface area contributed by atoms with E-state index in [0.29, 0.717) is 0 Å². The summed E-state index contributed by atoms with van der Waals surface area (Å²) in [4.78, 5) is 0. The van der Waals surface area contributed by atoms with Crippen molar-refractivity contribution in [3.63, 3.8) is 0 Å². The van der Waals surface area contributed by atoms with Gasteiger partial charge in [0.1, 0.15) is 0 Å². The van der Waals surface area contributed by atoms with E-state index in [1.165, 1.54) is 97.0 Å². The van der Waals surface area contributed by atoms with Crippen LogP contribution in [0.15, 0.2) is 121 Å². The summed E-state index contributed by atoms with van der Waals surface area (Å²) in [5.74, 6) is 0. The molecule has 0 unspecified atom stereocenters. The molecule has 10 aromatic rings. The minimum Gasteiger partial charge on any atom is -0.0616 e. The topological polar surface area (TPSA) is 0 Å². The minimum absolute atomic E-state index is 1.33. The van der Waals surface area contributed by atoms with Crippen LogP contribution in [0.3, 0.4) is 0 Å². The van der Waals surface area contributed by atoms with Gasteiger partial charge in [0.2, 0.25) is 0 Å². The Morgan fingerprint density at radius 2 is 0.342 bits per heavy atom. The molecule has 0 saturated carbocycles. The van der Waals surface area contributed by atoms with Crippen molar-refractivity contribution in [1.29, 1.82) is 0 Å². The summed E-state index contributed by atoms with van der Waals surface area (Å²) in [6, 6.07) is 45.5. The highest BCUT2D eigenvalue weighted by Gasteiger charge is 2.22. The Balaban J connectivity index is 1.67. The molecule has 10 aromatic carbocycles. The predicted octanol–water partition coefficient (Wildman–Crippen LogP) is 10.9. The fourth-order valence-electron chi connectivity index (χ4n) is 7.75. The zero-order chi connectivity index (χ0) is 24.5. The summed E-state index contributed by atoms with van der Waals surface area (Å²) >= 11 is 0. The fraction of sp³-hybridized carbons (Fsp3) is 0. The molecule has 0 bridgehead atoms. The number of hydrogen-bond acceptors (Lipinski definition) is 0. The first kappa shape index (κ1) is 19.2. The lowest BCUT2D eigenvalue weighted by molar-refractivity contribution is 1.79. The highest BCUT2D eigenvalue weighted by molar-refractivity contribution is 6.49. The van der Waals surface area contributed by atoms with Gasteiger partial charge in [0.05, 0.1) is 0 Å². The van der Waals surface area contributed by atoms with Crippen LogP contribution in [0, 0.1) is 0 Å². The van der Waals surface area contributed by atoms with Crippen molar-refractivity contribution in [2.75, 3.05) is 0 Å². The molecule has 0 aliphatic rings. The second-order valence-electron chi connectivity index (χ2n) is 10.8. The van der Waals surface area contributed by atoms with Crippen LogP contribution < -0.4 is 0 Å². The third-order valence-corrected chi connectivity index (χ3v) is 9.10. The van der Waals surface area contributed by atoms with Crippen LogP contribution in [0.5, 0.6) is 0 Å². The fourth-order valence-corrected chi connectivity index (χ4v) is 7.75. The number of rotatable bonds is 0. The lowest BCUT2D eigenvalue weighted by Gasteiger charge is -2.22. The summed E-state index contributed by atoms with van der Waals surface area (Å²) in [5, 5.41) is 24.5. The molecule has 172 valence electrons. The predicted molar refractivity (Wildman–Crippen MR) is 166 cm³/mol. The van der Waals surface area contributed by atoms with Crippen LogP contribution in [-0.4, -0.2) is 0 Å². The van der Waals surface area contributed by atoms with Crippen molar-refractivity contribution in [3.05, 3.63) is 121 Å². The van der Waals surface area contributed by atoms with Gasteiger partial charge in [-0.3, -0.25) is 0 Å². The van der Waals surface area contributed by atoms with Crippen molar-refractivity contribution in [2.24, 2.45) is 0 Å². The molecular weight excluding hydrogens is 456 g/mol. The summed E-state index contributed by atoms with van der Waals surface area (Å²) in [5.41, 5.74) is 0. The average Bonchev–Trinajstić information content (AvgIpc) is 2.99. The Morgan fingerprint density at radius 3 is 0.605 bits per heavy atom. The van der Waals surface area contributed by atoms with E-state index in [-0.39, 0.29) is 0 Å². The maximum Gasteiger partial charge on any atom is -0.00134 e. The molecule has 0 aliphatic carbocycles. The molecule has 0 amide bonds. The normalized spacial score (nSPS) is 12.7.